The van der Waals surface area contributed by atoms with Gasteiger partial charge in [-0.25, -0.2) is 5.53 Å². The fourth-order valence-corrected chi connectivity index (χ4v) is 2.85. The lowest BCUT2D eigenvalue weighted by Gasteiger charge is -2.35. The van der Waals surface area contributed by atoms with Crippen molar-refractivity contribution >= 4 is 5.69 Å². The monoisotopic (exact) mass is 241 g/mol. The summed E-state index contributed by atoms with van der Waals surface area (Å²) in [6, 6.07) is 9.96. The fourth-order valence-electron chi connectivity index (χ4n) is 2.85. The summed E-state index contributed by atoms with van der Waals surface area (Å²) >= 11 is 0. The molecule has 1 aliphatic heterocycles. The summed E-state index contributed by atoms with van der Waals surface area (Å²) in [5.74, 6) is 0.0829. The van der Waals surface area contributed by atoms with E-state index in [1.54, 1.807) is 6.07 Å². The summed E-state index contributed by atoms with van der Waals surface area (Å²) in [4.78, 5) is 0. The predicted molar refractivity (Wildman–Crippen MR) is 69.4 cm³/mol. The Morgan fingerprint density at radius 2 is 2.06 bits per heavy atom. The first-order chi connectivity index (χ1) is 8.54. The summed E-state index contributed by atoms with van der Waals surface area (Å²) in [5, 5.41) is 13.6. The number of rotatable bonds is 1. The molecule has 3 rings (SSSR count). The van der Waals surface area contributed by atoms with Gasteiger partial charge in [0.1, 0.15) is 5.69 Å². The third-order valence-electron chi connectivity index (χ3n) is 3.60. The third-order valence-corrected chi connectivity index (χ3v) is 3.60. The average Bonchev–Trinajstić information content (AvgIpc) is 2.67. The quantitative estimate of drug-likeness (QED) is 0.732. The van der Waals surface area contributed by atoms with Gasteiger partial charge in [0.05, 0.1) is 5.69 Å². The molecule has 0 unspecified atom stereocenters. The summed E-state index contributed by atoms with van der Waals surface area (Å²) in [5.41, 5.74) is 10.6. The zero-order valence-corrected chi connectivity index (χ0v) is 10.4. The summed E-state index contributed by atoms with van der Waals surface area (Å²) in [6.45, 7) is 4.17. The molecule has 0 saturated heterocycles. The Kier molecular flexibility index (Phi) is 2.11. The number of nitrogens with zero attached hydrogens (tertiary/aromatic N) is 2. The molecule has 0 radical (unpaired) electrons. The van der Waals surface area contributed by atoms with Crippen LogP contribution in [-0.2, 0) is 12.0 Å². The van der Waals surface area contributed by atoms with Crippen LogP contribution in [0.5, 0.6) is 5.88 Å². The first-order valence-corrected chi connectivity index (χ1v) is 5.95. The minimum Gasteiger partial charge on any atom is -0.493 e. The summed E-state index contributed by atoms with van der Waals surface area (Å²) < 4.78 is 1.88. The molecular weight excluding hydrogens is 226 g/mol. The standard InChI is InChI=1S/C14H15N3O/c1-14(2)8-9-5-3-4-6-10(9)12-7-11(16-15)13(18)17(12)14/h3-7,15,18H,8H2,1-2H3. The van der Waals surface area contributed by atoms with E-state index in [4.69, 9.17) is 5.53 Å². The van der Waals surface area contributed by atoms with Gasteiger partial charge in [-0.3, -0.25) is 0 Å². The van der Waals surface area contributed by atoms with Crippen molar-refractivity contribution in [3.8, 4) is 17.1 Å². The van der Waals surface area contributed by atoms with Crippen LogP contribution in [0.3, 0.4) is 0 Å². The molecule has 92 valence electrons. The molecule has 0 saturated carbocycles. The van der Waals surface area contributed by atoms with Crippen LogP contribution in [0.15, 0.2) is 35.4 Å². The maximum atomic E-state index is 10.2. The van der Waals surface area contributed by atoms with E-state index in [2.05, 4.69) is 25.0 Å². The largest absolute Gasteiger partial charge is 0.493 e. The Hall–Kier alpha value is -2.10. The van der Waals surface area contributed by atoms with E-state index >= 15 is 0 Å². The molecular formula is C14H15N3O. The van der Waals surface area contributed by atoms with Gasteiger partial charge in [0.15, 0.2) is 0 Å². The molecule has 2 heterocycles. The molecule has 0 amide bonds. The zero-order chi connectivity index (χ0) is 12.9. The molecule has 0 atom stereocenters. The maximum absolute atomic E-state index is 10.2. The molecule has 4 nitrogen and oxygen atoms in total. The van der Waals surface area contributed by atoms with Gasteiger partial charge < -0.3 is 9.67 Å². The minimum absolute atomic E-state index is 0.0829. The second kappa shape index (κ2) is 3.45. The average molecular weight is 241 g/mol. The van der Waals surface area contributed by atoms with Crippen LogP contribution in [-0.4, -0.2) is 9.67 Å². The third kappa shape index (κ3) is 1.32. The molecule has 2 aromatic rings. The number of hydrogen-bond donors (Lipinski definition) is 2. The first-order valence-electron chi connectivity index (χ1n) is 5.95. The Labute approximate surface area is 105 Å². The topological polar surface area (TPSA) is 61.4 Å². The highest BCUT2D eigenvalue weighted by Gasteiger charge is 2.33. The van der Waals surface area contributed by atoms with E-state index in [-0.39, 0.29) is 11.4 Å². The van der Waals surface area contributed by atoms with Gasteiger partial charge in [-0.15, -0.1) is 0 Å². The van der Waals surface area contributed by atoms with E-state index in [9.17, 15) is 5.11 Å². The molecule has 1 aromatic heterocycles. The van der Waals surface area contributed by atoms with Gasteiger partial charge in [-0.05, 0) is 31.9 Å². The molecule has 18 heavy (non-hydrogen) atoms. The second-order valence-electron chi connectivity index (χ2n) is 5.33. The lowest BCUT2D eigenvalue weighted by molar-refractivity contribution is 0.298. The normalized spacial score (nSPS) is 15.9. The molecule has 4 heteroatoms. The predicted octanol–water partition coefficient (Wildman–Crippen LogP) is 3.81. The van der Waals surface area contributed by atoms with Crippen LogP contribution >= 0.6 is 0 Å². The van der Waals surface area contributed by atoms with Crippen molar-refractivity contribution in [2.75, 3.05) is 0 Å². The fraction of sp³-hybridized carbons (Fsp3) is 0.286. The molecule has 1 aromatic carbocycles. The number of nitrogens with one attached hydrogen (secondary N) is 1. The van der Waals surface area contributed by atoms with Crippen molar-refractivity contribution in [1.29, 1.82) is 5.53 Å². The Morgan fingerprint density at radius 1 is 1.33 bits per heavy atom. The van der Waals surface area contributed by atoms with Crippen LogP contribution in [0.1, 0.15) is 19.4 Å². The van der Waals surface area contributed by atoms with Gasteiger partial charge in [0.25, 0.3) is 0 Å². The SMILES string of the molecule is CC1(C)Cc2ccccc2-c2cc(N=N)c(O)n21. The minimum atomic E-state index is -0.212. The van der Waals surface area contributed by atoms with Crippen molar-refractivity contribution in [2.24, 2.45) is 5.11 Å². The molecule has 2 N–H and O–H groups in total. The lowest BCUT2D eigenvalue weighted by atomic mass is 9.86. The Bertz CT molecular complexity index is 640. The van der Waals surface area contributed by atoms with Crippen molar-refractivity contribution in [2.45, 2.75) is 25.8 Å². The summed E-state index contributed by atoms with van der Waals surface area (Å²) in [6.07, 6.45) is 0.857. The van der Waals surface area contributed by atoms with E-state index in [0.29, 0.717) is 5.69 Å². The van der Waals surface area contributed by atoms with Crippen molar-refractivity contribution in [3.05, 3.63) is 35.9 Å². The summed E-state index contributed by atoms with van der Waals surface area (Å²) in [7, 11) is 0. The molecule has 1 aliphatic rings. The van der Waals surface area contributed by atoms with Crippen LogP contribution < -0.4 is 0 Å². The number of benzene rings is 1. The smallest absolute Gasteiger partial charge is 0.220 e. The van der Waals surface area contributed by atoms with E-state index in [1.165, 1.54) is 5.56 Å². The number of fused-ring (bicyclic) bond motifs is 3. The second-order valence-corrected chi connectivity index (χ2v) is 5.33. The van der Waals surface area contributed by atoms with E-state index in [0.717, 1.165) is 17.7 Å². The zero-order valence-electron chi connectivity index (χ0n) is 10.4. The van der Waals surface area contributed by atoms with Crippen molar-refractivity contribution in [3.63, 3.8) is 0 Å². The highest BCUT2D eigenvalue weighted by molar-refractivity contribution is 5.73. The molecule has 0 fully saturated rings. The van der Waals surface area contributed by atoms with Crippen LogP contribution in [0, 0.1) is 5.53 Å². The van der Waals surface area contributed by atoms with Crippen molar-refractivity contribution < 1.29 is 5.11 Å². The van der Waals surface area contributed by atoms with E-state index in [1.807, 2.05) is 22.8 Å². The van der Waals surface area contributed by atoms with Crippen LogP contribution in [0.4, 0.5) is 5.69 Å². The highest BCUT2D eigenvalue weighted by Crippen LogP contribution is 2.46. The van der Waals surface area contributed by atoms with Gasteiger partial charge in [-0.1, -0.05) is 24.3 Å². The molecule has 0 aliphatic carbocycles. The highest BCUT2D eigenvalue weighted by atomic mass is 16.3. The number of aromatic nitrogens is 1. The van der Waals surface area contributed by atoms with Crippen LogP contribution in [0.2, 0.25) is 0 Å². The maximum Gasteiger partial charge on any atom is 0.220 e. The van der Waals surface area contributed by atoms with E-state index < -0.39 is 0 Å². The Balaban J connectivity index is 2.37. The van der Waals surface area contributed by atoms with Gasteiger partial charge in [0, 0.05) is 11.1 Å². The van der Waals surface area contributed by atoms with Gasteiger partial charge in [0.2, 0.25) is 5.88 Å². The van der Waals surface area contributed by atoms with Gasteiger partial charge in [-0.2, -0.15) is 5.11 Å². The van der Waals surface area contributed by atoms with Crippen molar-refractivity contribution in [1.82, 2.24) is 4.57 Å². The lowest BCUT2D eigenvalue weighted by Crippen LogP contribution is -2.32. The molecule has 0 bridgehead atoms. The first kappa shape index (κ1) is 11.0. The Morgan fingerprint density at radius 3 is 2.78 bits per heavy atom. The van der Waals surface area contributed by atoms with Gasteiger partial charge >= 0.3 is 0 Å². The molecule has 0 spiro atoms. The number of hydrogen-bond acceptors (Lipinski definition) is 3. The number of aromatic hydroxyl groups is 1. The van der Waals surface area contributed by atoms with Crippen LogP contribution in [0.25, 0.3) is 11.3 Å².